The minimum absolute atomic E-state index is 0.161. The molecule has 1 amide bonds. The molecule has 168 valence electrons. The Balaban J connectivity index is 1.59. The van der Waals surface area contributed by atoms with E-state index in [2.05, 4.69) is 70.6 Å². The molecule has 9 heteroatoms. The molecule has 0 aliphatic carbocycles. The number of pyridine rings is 1. The number of nitrogens with zero attached hydrogens (tertiary/aromatic N) is 4. The molecule has 0 saturated carbocycles. The number of aromatic nitrogens is 4. The van der Waals surface area contributed by atoms with E-state index in [9.17, 15) is 4.79 Å². The Labute approximate surface area is 205 Å². The molecule has 4 rings (SSSR count). The fourth-order valence-electron chi connectivity index (χ4n) is 3.38. The smallest absolute Gasteiger partial charge is 0.234 e. The summed E-state index contributed by atoms with van der Waals surface area (Å²) < 4.78 is 1.99. The fraction of sp³-hybridized carbons (Fsp3) is 0.167. The molecule has 0 aliphatic heterocycles. The maximum absolute atomic E-state index is 12.5. The first-order chi connectivity index (χ1) is 16.0. The van der Waals surface area contributed by atoms with Gasteiger partial charge in [-0.3, -0.25) is 9.36 Å². The maximum atomic E-state index is 12.5. The summed E-state index contributed by atoms with van der Waals surface area (Å²) in [6, 6.07) is 11.9. The second-order valence-corrected chi connectivity index (χ2v) is 9.71. The average molecular weight is 496 g/mol. The molecular weight excluding hydrogens is 474 g/mol. The molecule has 0 fully saturated rings. The molecule has 0 spiro atoms. The van der Waals surface area contributed by atoms with Crippen molar-refractivity contribution in [3.8, 4) is 22.5 Å². The zero-order chi connectivity index (χ0) is 23.4. The predicted octanol–water partition coefficient (Wildman–Crippen LogP) is 6.26. The third kappa shape index (κ3) is 5.19. The molecule has 0 radical (unpaired) electrons. The average Bonchev–Trinajstić information content (AvgIpc) is 3.38. The zero-order valence-electron chi connectivity index (χ0n) is 18.2. The number of hydrogen-bond acceptors (Lipinski definition) is 6. The summed E-state index contributed by atoms with van der Waals surface area (Å²) in [5, 5.41) is 14.7. The van der Waals surface area contributed by atoms with Crippen LogP contribution in [0, 0.1) is 13.8 Å². The number of nitrogens with one attached hydrogen (secondary N) is 1. The van der Waals surface area contributed by atoms with Gasteiger partial charge in [-0.2, -0.15) is 0 Å². The predicted molar refractivity (Wildman–Crippen MR) is 137 cm³/mol. The van der Waals surface area contributed by atoms with Crippen molar-refractivity contribution in [2.75, 3.05) is 11.1 Å². The van der Waals surface area contributed by atoms with Crippen molar-refractivity contribution in [3.05, 3.63) is 76.2 Å². The van der Waals surface area contributed by atoms with Crippen LogP contribution in [0.2, 0.25) is 5.15 Å². The highest BCUT2D eigenvalue weighted by molar-refractivity contribution is 7.99. The highest BCUT2D eigenvalue weighted by atomic mass is 35.5. The van der Waals surface area contributed by atoms with E-state index in [0.29, 0.717) is 17.4 Å². The first-order valence-corrected chi connectivity index (χ1v) is 12.4. The topological polar surface area (TPSA) is 72.7 Å². The molecule has 0 unspecified atom stereocenters. The van der Waals surface area contributed by atoms with Gasteiger partial charge in [0, 0.05) is 34.1 Å². The van der Waals surface area contributed by atoms with Crippen molar-refractivity contribution in [2.24, 2.45) is 0 Å². The number of rotatable bonds is 8. The second-order valence-electron chi connectivity index (χ2n) is 7.33. The summed E-state index contributed by atoms with van der Waals surface area (Å²) >= 11 is 9.03. The SMILES string of the molecule is C=CCn1c(SCC(=O)Nc2cccnc2Cl)nnc1-c1csc(C)c1-c1ccc(C)cc1. The largest absolute Gasteiger partial charge is 0.323 e. The van der Waals surface area contributed by atoms with Crippen molar-refractivity contribution in [1.82, 2.24) is 19.7 Å². The van der Waals surface area contributed by atoms with Gasteiger partial charge in [-0.05, 0) is 31.5 Å². The van der Waals surface area contributed by atoms with Crippen molar-refractivity contribution in [3.63, 3.8) is 0 Å². The Morgan fingerprint density at radius 1 is 1.24 bits per heavy atom. The highest BCUT2D eigenvalue weighted by Crippen LogP contribution is 2.39. The first kappa shape index (κ1) is 23.2. The Morgan fingerprint density at radius 2 is 2.03 bits per heavy atom. The summed E-state index contributed by atoms with van der Waals surface area (Å²) in [5.41, 5.74) is 5.01. The summed E-state index contributed by atoms with van der Waals surface area (Å²) in [6.45, 7) is 8.60. The second kappa shape index (κ2) is 10.3. The lowest BCUT2D eigenvalue weighted by atomic mass is 10.0. The number of thioether (sulfide) groups is 1. The Kier molecular flexibility index (Phi) is 7.27. The zero-order valence-corrected chi connectivity index (χ0v) is 20.6. The van der Waals surface area contributed by atoms with Crippen molar-refractivity contribution in [1.29, 1.82) is 0 Å². The normalized spacial score (nSPS) is 10.9. The molecule has 6 nitrogen and oxygen atoms in total. The van der Waals surface area contributed by atoms with E-state index in [-0.39, 0.29) is 16.8 Å². The van der Waals surface area contributed by atoms with Crippen LogP contribution in [0.1, 0.15) is 10.4 Å². The van der Waals surface area contributed by atoms with Gasteiger partial charge in [0.15, 0.2) is 16.1 Å². The molecule has 3 heterocycles. The third-order valence-corrected chi connectivity index (χ3v) is 7.13. The van der Waals surface area contributed by atoms with Crippen LogP contribution in [-0.2, 0) is 11.3 Å². The van der Waals surface area contributed by atoms with Gasteiger partial charge in [-0.1, -0.05) is 59.3 Å². The standard InChI is InChI=1S/C24H22ClN5OS2/c1-4-12-30-23(18-13-32-16(3)21(18)17-9-7-15(2)8-10-17)28-29-24(30)33-14-20(31)27-19-6-5-11-26-22(19)25/h4-11,13H,1,12,14H2,2-3H3,(H,27,31). The van der Waals surface area contributed by atoms with Gasteiger partial charge in [0.1, 0.15) is 0 Å². The van der Waals surface area contributed by atoms with Crippen molar-refractivity contribution < 1.29 is 4.79 Å². The Morgan fingerprint density at radius 3 is 2.76 bits per heavy atom. The van der Waals surface area contributed by atoms with E-state index >= 15 is 0 Å². The first-order valence-electron chi connectivity index (χ1n) is 10.2. The van der Waals surface area contributed by atoms with Crippen LogP contribution in [0.5, 0.6) is 0 Å². The van der Waals surface area contributed by atoms with Crippen LogP contribution < -0.4 is 5.32 Å². The van der Waals surface area contributed by atoms with Crippen molar-refractivity contribution >= 4 is 46.3 Å². The molecule has 0 bridgehead atoms. The third-order valence-electron chi connectivity index (χ3n) is 4.95. The minimum atomic E-state index is -0.198. The number of amides is 1. The van der Waals surface area contributed by atoms with Crippen molar-refractivity contribution in [2.45, 2.75) is 25.5 Å². The molecule has 1 N–H and O–H groups in total. The van der Waals surface area contributed by atoms with Gasteiger partial charge in [0.2, 0.25) is 5.91 Å². The number of aryl methyl sites for hydroxylation is 2. The molecule has 0 saturated heterocycles. The number of carbonyl (C=O) groups excluding carboxylic acids is 1. The lowest BCUT2D eigenvalue weighted by Crippen LogP contribution is -2.15. The summed E-state index contributed by atoms with van der Waals surface area (Å²) in [4.78, 5) is 17.6. The Bertz CT molecular complexity index is 1300. The Hall–Kier alpha value is -2.94. The number of hydrogen-bond donors (Lipinski definition) is 1. The number of thiophene rings is 1. The van der Waals surface area contributed by atoms with Crippen LogP contribution in [0.4, 0.5) is 5.69 Å². The van der Waals surface area contributed by atoms with Crippen LogP contribution in [0.25, 0.3) is 22.5 Å². The van der Waals surface area contributed by atoms with E-state index in [0.717, 1.165) is 22.5 Å². The number of anilines is 1. The lowest BCUT2D eigenvalue weighted by Gasteiger charge is -2.10. The molecule has 0 atom stereocenters. The van der Waals surface area contributed by atoms with E-state index in [1.807, 2.05) is 4.57 Å². The molecular formula is C24H22ClN5OS2. The minimum Gasteiger partial charge on any atom is -0.323 e. The quantitative estimate of drug-likeness (QED) is 0.177. The van der Waals surface area contributed by atoms with E-state index in [4.69, 9.17) is 11.6 Å². The van der Waals surface area contributed by atoms with Crippen LogP contribution in [-0.4, -0.2) is 31.4 Å². The van der Waals surface area contributed by atoms with Gasteiger partial charge in [0.25, 0.3) is 0 Å². The van der Waals surface area contributed by atoms with Gasteiger partial charge < -0.3 is 5.32 Å². The van der Waals surface area contributed by atoms with Gasteiger partial charge >= 0.3 is 0 Å². The highest BCUT2D eigenvalue weighted by Gasteiger charge is 2.21. The van der Waals surface area contributed by atoms with Crippen LogP contribution in [0.3, 0.4) is 0 Å². The molecule has 0 aliphatic rings. The van der Waals surface area contributed by atoms with Gasteiger partial charge in [-0.15, -0.1) is 28.1 Å². The fourth-order valence-corrected chi connectivity index (χ4v) is 5.16. The molecule has 3 aromatic heterocycles. The molecule has 33 heavy (non-hydrogen) atoms. The van der Waals surface area contributed by atoms with E-state index in [1.54, 1.807) is 35.7 Å². The maximum Gasteiger partial charge on any atom is 0.234 e. The monoisotopic (exact) mass is 495 g/mol. The number of halogens is 1. The summed E-state index contributed by atoms with van der Waals surface area (Å²) in [6.07, 6.45) is 3.38. The van der Waals surface area contributed by atoms with Gasteiger partial charge in [0.05, 0.1) is 11.4 Å². The number of allylic oxidation sites excluding steroid dienone is 1. The van der Waals surface area contributed by atoms with E-state index in [1.165, 1.54) is 22.2 Å². The molecule has 4 aromatic rings. The number of benzene rings is 1. The number of carbonyl (C=O) groups is 1. The van der Waals surface area contributed by atoms with E-state index < -0.39 is 0 Å². The molecule has 1 aromatic carbocycles. The lowest BCUT2D eigenvalue weighted by molar-refractivity contribution is -0.113. The van der Waals surface area contributed by atoms with Crippen LogP contribution in [0.15, 0.2) is 65.8 Å². The summed E-state index contributed by atoms with van der Waals surface area (Å²) in [5.74, 6) is 0.720. The van der Waals surface area contributed by atoms with Crippen LogP contribution >= 0.6 is 34.7 Å². The summed E-state index contributed by atoms with van der Waals surface area (Å²) in [7, 11) is 0. The van der Waals surface area contributed by atoms with Gasteiger partial charge in [-0.25, -0.2) is 4.98 Å².